The molecule has 2 rings (SSSR count). The van der Waals surface area contributed by atoms with E-state index in [1.807, 2.05) is 18.4 Å². The molecule has 7 heteroatoms. The molecule has 0 aliphatic heterocycles. The summed E-state index contributed by atoms with van der Waals surface area (Å²) in [5.41, 5.74) is 3.61. The van der Waals surface area contributed by atoms with E-state index in [-0.39, 0.29) is 5.91 Å². The van der Waals surface area contributed by atoms with Crippen molar-refractivity contribution >= 4 is 35.3 Å². The van der Waals surface area contributed by atoms with E-state index in [1.165, 1.54) is 17.8 Å². The summed E-state index contributed by atoms with van der Waals surface area (Å²) in [5.74, 6) is 0.376. The number of amides is 1. The topological polar surface area (TPSA) is 59.8 Å². The molecule has 0 spiro atoms. The summed E-state index contributed by atoms with van der Waals surface area (Å²) in [6, 6.07) is 7.22. The smallest absolute Gasteiger partial charge is 0.262 e. The summed E-state index contributed by atoms with van der Waals surface area (Å²) in [4.78, 5) is 11.9. The number of rotatable bonds is 4. The summed E-state index contributed by atoms with van der Waals surface area (Å²) in [5, 5.41) is 9.14. The lowest BCUT2D eigenvalue weighted by Crippen LogP contribution is -2.22. The Hall–Kier alpha value is -1.79. The number of aryl methyl sites for hydroxylation is 1. The maximum Gasteiger partial charge on any atom is 0.262 e. The minimum Gasteiger partial charge on any atom is -0.268 e. The molecule has 0 atom stereocenters. The summed E-state index contributed by atoms with van der Waals surface area (Å²) >= 11 is 7.21. The van der Waals surface area contributed by atoms with Crippen molar-refractivity contribution in [1.82, 2.24) is 14.9 Å². The molecule has 20 heavy (non-hydrogen) atoms. The SMILES string of the molecule is CSc1nnc(C)n1NC(=O)/C=C/c1ccc(Cl)cc1. The Labute approximate surface area is 126 Å². The van der Waals surface area contributed by atoms with Crippen LogP contribution in [-0.2, 0) is 4.79 Å². The maximum absolute atomic E-state index is 11.9. The van der Waals surface area contributed by atoms with E-state index < -0.39 is 0 Å². The quantitative estimate of drug-likeness (QED) is 0.697. The lowest BCUT2D eigenvalue weighted by Gasteiger charge is -2.06. The van der Waals surface area contributed by atoms with Crippen LogP contribution in [0.2, 0.25) is 5.02 Å². The van der Waals surface area contributed by atoms with Crippen molar-refractivity contribution in [2.24, 2.45) is 0 Å². The van der Waals surface area contributed by atoms with Crippen molar-refractivity contribution in [3.8, 4) is 0 Å². The average molecular weight is 309 g/mol. The third-order valence-electron chi connectivity index (χ3n) is 2.50. The third-order valence-corrected chi connectivity index (χ3v) is 3.38. The van der Waals surface area contributed by atoms with Crippen LogP contribution >= 0.6 is 23.4 Å². The van der Waals surface area contributed by atoms with Gasteiger partial charge in [0.1, 0.15) is 5.82 Å². The summed E-state index contributed by atoms with van der Waals surface area (Å²) in [6.07, 6.45) is 5.03. The molecule has 5 nitrogen and oxygen atoms in total. The van der Waals surface area contributed by atoms with E-state index in [0.29, 0.717) is 16.0 Å². The molecule has 1 N–H and O–H groups in total. The molecule has 2 aromatic rings. The highest BCUT2D eigenvalue weighted by Crippen LogP contribution is 2.12. The molecular formula is C13H13ClN4OS. The maximum atomic E-state index is 11.9. The van der Waals surface area contributed by atoms with Crippen molar-refractivity contribution in [1.29, 1.82) is 0 Å². The van der Waals surface area contributed by atoms with Gasteiger partial charge in [-0.05, 0) is 37.0 Å². The molecule has 1 aromatic heterocycles. The molecule has 1 heterocycles. The molecule has 1 amide bonds. The van der Waals surface area contributed by atoms with E-state index in [0.717, 1.165) is 5.56 Å². The second kappa shape index (κ2) is 6.58. The van der Waals surface area contributed by atoms with Gasteiger partial charge in [-0.1, -0.05) is 35.5 Å². The van der Waals surface area contributed by atoms with Crippen LogP contribution in [0, 0.1) is 6.92 Å². The number of carbonyl (C=O) groups excluding carboxylic acids is 1. The largest absolute Gasteiger partial charge is 0.268 e. The van der Waals surface area contributed by atoms with Crippen LogP contribution in [-0.4, -0.2) is 27.0 Å². The van der Waals surface area contributed by atoms with Crippen LogP contribution in [0.4, 0.5) is 0 Å². The fraction of sp³-hybridized carbons (Fsp3) is 0.154. The number of nitrogens with one attached hydrogen (secondary N) is 1. The number of thioether (sulfide) groups is 1. The number of halogens is 1. The highest BCUT2D eigenvalue weighted by Gasteiger charge is 2.08. The second-order valence-corrected chi connectivity index (χ2v) is 5.14. The molecule has 0 fully saturated rings. The van der Waals surface area contributed by atoms with Crippen LogP contribution in [0.3, 0.4) is 0 Å². The van der Waals surface area contributed by atoms with Gasteiger partial charge in [-0.2, -0.15) is 0 Å². The Balaban J connectivity index is 2.05. The molecule has 0 saturated carbocycles. The molecular weight excluding hydrogens is 296 g/mol. The Bertz CT molecular complexity index is 636. The Morgan fingerprint density at radius 3 is 2.70 bits per heavy atom. The van der Waals surface area contributed by atoms with Crippen LogP contribution in [0.25, 0.3) is 6.08 Å². The monoisotopic (exact) mass is 308 g/mol. The zero-order chi connectivity index (χ0) is 14.5. The van der Waals surface area contributed by atoms with Crippen molar-refractivity contribution in [3.63, 3.8) is 0 Å². The number of benzene rings is 1. The first kappa shape index (κ1) is 14.6. The standard InChI is InChI=1S/C13H13ClN4OS/c1-9-15-16-13(20-2)18(9)17-12(19)8-5-10-3-6-11(14)7-4-10/h3-8H,1-2H3,(H,17,19)/b8-5+. The van der Waals surface area contributed by atoms with E-state index >= 15 is 0 Å². The zero-order valence-electron chi connectivity index (χ0n) is 11.0. The minimum atomic E-state index is -0.252. The third kappa shape index (κ3) is 3.61. The predicted molar refractivity (Wildman–Crippen MR) is 81.4 cm³/mol. The number of nitrogens with zero attached hydrogens (tertiary/aromatic N) is 3. The lowest BCUT2D eigenvalue weighted by atomic mass is 10.2. The van der Waals surface area contributed by atoms with Crippen LogP contribution < -0.4 is 5.43 Å². The predicted octanol–water partition coefficient (Wildman–Crippen LogP) is 2.75. The van der Waals surface area contributed by atoms with Gasteiger partial charge in [-0.3, -0.25) is 10.2 Å². The number of aromatic nitrogens is 3. The number of carbonyl (C=O) groups is 1. The molecule has 0 bridgehead atoms. The molecule has 0 saturated heterocycles. The van der Waals surface area contributed by atoms with Gasteiger partial charge >= 0.3 is 0 Å². The summed E-state index contributed by atoms with van der Waals surface area (Å²) in [6.45, 7) is 1.77. The van der Waals surface area contributed by atoms with E-state index in [9.17, 15) is 4.79 Å². The van der Waals surface area contributed by atoms with E-state index in [4.69, 9.17) is 11.6 Å². The van der Waals surface area contributed by atoms with E-state index in [2.05, 4.69) is 15.6 Å². The molecule has 1 aromatic carbocycles. The molecule has 0 aliphatic carbocycles. The second-order valence-electron chi connectivity index (χ2n) is 3.93. The summed E-state index contributed by atoms with van der Waals surface area (Å²) in [7, 11) is 0. The fourth-order valence-corrected chi connectivity index (χ4v) is 2.11. The van der Waals surface area contributed by atoms with Crippen molar-refractivity contribution in [2.75, 3.05) is 11.7 Å². The Morgan fingerprint density at radius 1 is 1.35 bits per heavy atom. The van der Waals surface area contributed by atoms with Gasteiger partial charge in [0, 0.05) is 11.1 Å². The van der Waals surface area contributed by atoms with Gasteiger partial charge in [0.15, 0.2) is 0 Å². The van der Waals surface area contributed by atoms with Gasteiger partial charge in [-0.25, -0.2) is 4.68 Å². The van der Waals surface area contributed by atoms with Crippen molar-refractivity contribution < 1.29 is 4.79 Å². The summed E-state index contributed by atoms with van der Waals surface area (Å²) < 4.78 is 1.55. The lowest BCUT2D eigenvalue weighted by molar-refractivity contribution is -0.112. The molecule has 0 radical (unpaired) electrons. The zero-order valence-corrected chi connectivity index (χ0v) is 12.6. The normalized spacial score (nSPS) is 10.9. The van der Waals surface area contributed by atoms with Crippen molar-refractivity contribution in [3.05, 3.63) is 46.8 Å². The van der Waals surface area contributed by atoms with Gasteiger partial charge < -0.3 is 0 Å². The molecule has 0 unspecified atom stereocenters. The van der Waals surface area contributed by atoms with Gasteiger partial charge in [0.05, 0.1) is 0 Å². The first-order chi connectivity index (χ1) is 9.60. The van der Waals surface area contributed by atoms with Gasteiger partial charge in [-0.15, -0.1) is 10.2 Å². The van der Waals surface area contributed by atoms with Crippen LogP contribution in [0.15, 0.2) is 35.5 Å². The van der Waals surface area contributed by atoms with Crippen LogP contribution in [0.5, 0.6) is 0 Å². The van der Waals surface area contributed by atoms with Gasteiger partial charge in [0.2, 0.25) is 5.16 Å². The highest BCUT2D eigenvalue weighted by molar-refractivity contribution is 7.98. The van der Waals surface area contributed by atoms with Gasteiger partial charge in [0.25, 0.3) is 5.91 Å². The molecule has 0 aliphatic rings. The Kier molecular flexibility index (Phi) is 4.81. The Morgan fingerprint density at radius 2 is 2.05 bits per heavy atom. The van der Waals surface area contributed by atoms with E-state index in [1.54, 1.807) is 29.8 Å². The highest BCUT2D eigenvalue weighted by atomic mass is 35.5. The number of hydrogen-bond acceptors (Lipinski definition) is 4. The number of hydrogen-bond donors (Lipinski definition) is 1. The average Bonchev–Trinajstić information content (AvgIpc) is 2.79. The first-order valence-electron chi connectivity index (χ1n) is 5.81. The molecule has 104 valence electrons. The van der Waals surface area contributed by atoms with Crippen LogP contribution in [0.1, 0.15) is 11.4 Å². The first-order valence-corrected chi connectivity index (χ1v) is 7.41. The minimum absolute atomic E-state index is 0.252. The fourth-order valence-electron chi connectivity index (χ4n) is 1.50. The van der Waals surface area contributed by atoms with Crippen molar-refractivity contribution in [2.45, 2.75) is 12.1 Å².